The molecular formula is C13H16N2O. The predicted molar refractivity (Wildman–Crippen MR) is 63.9 cm³/mol. The Kier molecular flexibility index (Phi) is 3.06. The summed E-state index contributed by atoms with van der Waals surface area (Å²) in [6.07, 6.45) is 1.72. The fraction of sp³-hybridized carbons (Fsp3) is 0.308. The van der Waals surface area contributed by atoms with Crippen molar-refractivity contribution in [2.45, 2.75) is 26.3 Å². The normalized spacial score (nSPS) is 11.0. The van der Waals surface area contributed by atoms with E-state index in [0.29, 0.717) is 18.4 Å². The van der Waals surface area contributed by atoms with Crippen molar-refractivity contribution in [2.24, 2.45) is 5.73 Å². The first-order chi connectivity index (χ1) is 7.70. The number of benzene rings is 1. The van der Waals surface area contributed by atoms with Gasteiger partial charge < -0.3 is 10.2 Å². The minimum absolute atomic E-state index is 0.384. The van der Waals surface area contributed by atoms with Crippen molar-refractivity contribution in [3.05, 3.63) is 41.8 Å². The Morgan fingerprint density at radius 3 is 2.81 bits per heavy atom. The fourth-order valence-electron chi connectivity index (χ4n) is 1.52. The van der Waals surface area contributed by atoms with Crippen LogP contribution in [-0.2, 0) is 6.54 Å². The molecule has 3 heteroatoms. The molecule has 0 atom stereocenters. The number of oxazole rings is 1. The minimum atomic E-state index is 0.384. The summed E-state index contributed by atoms with van der Waals surface area (Å²) in [5, 5.41) is 0. The Balaban J connectivity index is 2.34. The second-order valence-electron chi connectivity index (χ2n) is 4.14. The Morgan fingerprint density at radius 1 is 1.38 bits per heavy atom. The molecule has 2 rings (SSSR count). The molecule has 0 unspecified atom stereocenters. The highest BCUT2D eigenvalue weighted by atomic mass is 16.3. The maximum atomic E-state index is 5.60. The van der Waals surface area contributed by atoms with Gasteiger partial charge in [-0.25, -0.2) is 4.98 Å². The summed E-state index contributed by atoms with van der Waals surface area (Å²) in [5.41, 5.74) is 8.65. The van der Waals surface area contributed by atoms with Gasteiger partial charge in [0.25, 0.3) is 0 Å². The molecule has 3 nitrogen and oxygen atoms in total. The molecule has 0 amide bonds. The fourth-order valence-corrected chi connectivity index (χ4v) is 1.52. The van der Waals surface area contributed by atoms with Gasteiger partial charge in [-0.15, -0.1) is 0 Å². The van der Waals surface area contributed by atoms with Gasteiger partial charge in [0, 0.05) is 12.1 Å². The number of nitrogens with zero attached hydrogens (tertiary/aromatic N) is 1. The van der Waals surface area contributed by atoms with Crippen LogP contribution in [0.3, 0.4) is 0 Å². The van der Waals surface area contributed by atoms with Crippen LogP contribution in [0.5, 0.6) is 0 Å². The summed E-state index contributed by atoms with van der Waals surface area (Å²) in [6, 6.07) is 7.96. The lowest BCUT2D eigenvalue weighted by Gasteiger charge is -1.99. The van der Waals surface area contributed by atoms with Gasteiger partial charge in [-0.1, -0.05) is 26.0 Å². The van der Waals surface area contributed by atoms with Gasteiger partial charge in [0.05, 0.1) is 5.69 Å². The van der Waals surface area contributed by atoms with E-state index in [-0.39, 0.29) is 0 Å². The molecule has 84 valence electrons. The van der Waals surface area contributed by atoms with Gasteiger partial charge in [-0.2, -0.15) is 0 Å². The molecule has 0 spiro atoms. The average Bonchev–Trinajstić information content (AvgIpc) is 2.78. The molecular weight excluding hydrogens is 200 g/mol. The molecule has 0 saturated carbocycles. The van der Waals surface area contributed by atoms with Crippen molar-refractivity contribution in [2.75, 3.05) is 0 Å². The van der Waals surface area contributed by atoms with Crippen molar-refractivity contribution in [3.8, 4) is 11.5 Å². The first kappa shape index (κ1) is 10.9. The van der Waals surface area contributed by atoms with E-state index in [0.717, 1.165) is 16.8 Å². The highest BCUT2D eigenvalue weighted by Gasteiger charge is 2.09. The lowest BCUT2D eigenvalue weighted by Crippen LogP contribution is -1.95. The first-order valence-corrected chi connectivity index (χ1v) is 5.45. The van der Waals surface area contributed by atoms with Crippen molar-refractivity contribution in [1.29, 1.82) is 0 Å². The molecule has 16 heavy (non-hydrogen) atoms. The third kappa shape index (κ3) is 2.14. The topological polar surface area (TPSA) is 52.0 Å². The van der Waals surface area contributed by atoms with Crippen LogP contribution in [0.15, 0.2) is 34.9 Å². The van der Waals surface area contributed by atoms with Crippen LogP contribution in [0, 0.1) is 0 Å². The molecule has 0 saturated heterocycles. The molecule has 0 aliphatic heterocycles. The minimum Gasteiger partial charge on any atom is -0.444 e. The van der Waals surface area contributed by atoms with E-state index in [2.05, 4.69) is 18.8 Å². The van der Waals surface area contributed by atoms with Crippen LogP contribution in [-0.4, -0.2) is 4.98 Å². The maximum absolute atomic E-state index is 5.60. The molecule has 0 bridgehead atoms. The molecule has 2 N–H and O–H groups in total. The largest absolute Gasteiger partial charge is 0.444 e. The monoisotopic (exact) mass is 216 g/mol. The number of rotatable bonds is 3. The molecule has 0 aliphatic carbocycles. The molecule has 2 aromatic rings. The number of hydrogen-bond donors (Lipinski definition) is 1. The van der Waals surface area contributed by atoms with E-state index in [1.54, 1.807) is 6.26 Å². The van der Waals surface area contributed by atoms with Crippen LogP contribution < -0.4 is 5.73 Å². The second-order valence-corrected chi connectivity index (χ2v) is 4.14. The molecule has 1 heterocycles. The molecule has 1 aromatic carbocycles. The summed E-state index contributed by atoms with van der Waals surface area (Å²) in [7, 11) is 0. The molecule has 0 fully saturated rings. The zero-order valence-corrected chi connectivity index (χ0v) is 9.60. The van der Waals surface area contributed by atoms with Crippen molar-refractivity contribution in [1.82, 2.24) is 4.98 Å². The maximum Gasteiger partial charge on any atom is 0.226 e. The summed E-state index contributed by atoms with van der Waals surface area (Å²) in [4.78, 5) is 4.45. The van der Waals surface area contributed by atoms with Crippen LogP contribution in [0.4, 0.5) is 0 Å². The Labute approximate surface area is 95.3 Å². The van der Waals surface area contributed by atoms with Gasteiger partial charge in [0.15, 0.2) is 0 Å². The zero-order chi connectivity index (χ0) is 11.5. The highest BCUT2D eigenvalue weighted by molar-refractivity contribution is 5.54. The molecule has 0 radical (unpaired) electrons. The summed E-state index contributed by atoms with van der Waals surface area (Å²) in [6.45, 7) is 4.72. The zero-order valence-electron chi connectivity index (χ0n) is 9.60. The smallest absolute Gasteiger partial charge is 0.226 e. The van der Waals surface area contributed by atoms with Crippen LogP contribution >= 0.6 is 0 Å². The summed E-state index contributed by atoms with van der Waals surface area (Å²) >= 11 is 0. The summed E-state index contributed by atoms with van der Waals surface area (Å²) < 4.78 is 5.46. The third-order valence-electron chi connectivity index (χ3n) is 2.52. The van der Waals surface area contributed by atoms with Gasteiger partial charge in [0.2, 0.25) is 5.89 Å². The standard InChI is InChI=1S/C13H16N2O/c1-9(2)12-8-16-13(15-12)11-5-3-4-10(6-11)7-14/h3-6,8-9H,7,14H2,1-2H3. The van der Waals surface area contributed by atoms with Crippen molar-refractivity contribution < 1.29 is 4.42 Å². The lowest BCUT2D eigenvalue weighted by atomic mass is 10.1. The first-order valence-electron chi connectivity index (χ1n) is 5.45. The number of nitrogens with two attached hydrogens (primary N) is 1. The average molecular weight is 216 g/mol. The quantitative estimate of drug-likeness (QED) is 0.858. The van der Waals surface area contributed by atoms with Gasteiger partial charge in [0.1, 0.15) is 6.26 Å². The molecule has 1 aromatic heterocycles. The molecule has 0 aliphatic rings. The van der Waals surface area contributed by atoms with E-state index < -0.39 is 0 Å². The SMILES string of the molecule is CC(C)c1coc(-c2cccc(CN)c2)n1. The second kappa shape index (κ2) is 4.49. The third-order valence-corrected chi connectivity index (χ3v) is 2.52. The van der Waals surface area contributed by atoms with E-state index in [9.17, 15) is 0 Å². The van der Waals surface area contributed by atoms with Gasteiger partial charge in [-0.05, 0) is 23.6 Å². The van der Waals surface area contributed by atoms with E-state index in [4.69, 9.17) is 10.2 Å². The highest BCUT2D eigenvalue weighted by Crippen LogP contribution is 2.22. The van der Waals surface area contributed by atoms with Crippen molar-refractivity contribution in [3.63, 3.8) is 0 Å². The van der Waals surface area contributed by atoms with E-state index in [1.807, 2.05) is 24.3 Å². The van der Waals surface area contributed by atoms with Gasteiger partial charge in [-0.3, -0.25) is 0 Å². The predicted octanol–water partition coefficient (Wildman–Crippen LogP) is 2.92. The van der Waals surface area contributed by atoms with Crippen LogP contribution in [0.25, 0.3) is 11.5 Å². The summed E-state index contributed by atoms with van der Waals surface area (Å²) in [5.74, 6) is 1.05. The Morgan fingerprint density at radius 2 is 2.19 bits per heavy atom. The number of aromatic nitrogens is 1. The van der Waals surface area contributed by atoms with Gasteiger partial charge >= 0.3 is 0 Å². The van der Waals surface area contributed by atoms with Crippen LogP contribution in [0.1, 0.15) is 31.0 Å². The Hall–Kier alpha value is -1.61. The van der Waals surface area contributed by atoms with E-state index in [1.165, 1.54) is 0 Å². The van der Waals surface area contributed by atoms with Crippen molar-refractivity contribution >= 4 is 0 Å². The lowest BCUT2D eigenvalue weighted by molar-refractivity contribution is 0.571. The van der Waals surface area contributed by atoms with Crippen LogP contribution in [0.2, 0.25) is 0 Å². The Bertz CT molecular complexity index is 474. The van der Waals surface area contributed by atoms with E-state index >= 15 is 0 Å². The number of hydrogen-bond acceptors (Lipinski definition) is 3.